The summed E-state index contributed by atoms with van der Waals surface area (Å²) in [6.07, 6.45) is 0.0448. The summed E-state index contributed by atoms with van der Waals surface area (Å²) >= 11 is 0. The first-order chi connectivity index (χ1) is 10.1. The molecule has 1 fully saturated rings. The number of nitrogens with zero attached hydrogens (tertiary/aromatic N) is 2. The number of carbonyl (C=O) groups is 1. The normalized spacial score (nSPS) is 20.0. The Morgan fingerprint density at radius 1 is 1.45 bits per heavy atom. The van der Waals surface area contributed by atoms with Gasteiger partial charge in [0.1, 0.15) is 0 Å². The molecule has 0 saturated carbocycles. The first-order valence-corrected chi connectivity index (χ1v) is 7.46. The van der Waals surface area contributed by atoms with Crippen LogP contribution in [-0.2, 0) is 9.53 Å². The van der Waals surface area contributed by atoms with Crippen molar-refractivity contribution < 1.29 is 9.53 Å². The number of benzene rings is 1. The molecule has 5 nitrogen and oxygen atoms in total. The van der Waals surface area contributed by atoms with Gasteiger partial charge in [-0.15, -0.1) is 12.4 Å². The van der Waals surface area contributed by atoms with Gasteiger partial charge >= 0.3 is 0 Å². The fraction of sp³-hybridized carbons (Fsp3) is 0.562. The molecule has 1 amide bonds. The number of ether oxygens (including phenoxy) is 1. The van der Waals surface area contributed by atoms with Crippen LogP contribution in [0.5, 0.6) is 0 Å². The third-order valence-electron chi connectivity index (χ3n) is 4.10. The molecule has 1 aliphatic rings. The Morgan fingerprint density at radius 3 is 2.77 bits per heavy atom. The molecular weight excluding hydrogens is 302 g/mol. The Labute approximate surface area is 138 Å². The molecule has 0 spiro atoms. The van der Waals surface area contributed by atoms with Crippen LogP contribution in [-0.4, -0.2) is 61.6 Å². The number of amides is 1. The van der Waals surface area contributed by atoms with Gasteiger partial charge in [-0.05, 0) is 12.5 Å². The van der Waals surface area contributed by atoms with Crippen molar-refractivity contribution in [3.05, 3.63) is 35.9 Å². The molecule has 2 N–H and O–H groups in total. The molecule has 1 aromatic carbocycles. The lowest BCUT2D eigenvalue weighted by Crippen LogP contribution is -2.49. The molecule has 1 heterocycles. The van der Waals surface area contributed by atoms with E-state index in [1.165, 1.54) is 0 Å². The summed E-state index contributed by atoms with van der Waals surface area (Å²) in [5.74, 6) is 0.129. The van der Waals surface area contributed by atoms with Gasteiger partial charge in [0, 0.05) is 26.7 Å². The van der Waals surface area contributed by atoms with Crippen molar-refractivity contribution in [1.82, 2.24) is 9.80 Å². The monoisotopic (exact) mass is 327 g/mol. The Morgan fingerprint density at radius 2 is 2.14 bits per heavy atom. The molecule has 0 aromatic heterocycles. The summed E-state index contributed by atoms with van der Waals surface area (Å²) in [7, 11) is 1.86. The molecule has 2 atom stereocenters. The first-order valence-electron chi connectivity index (χ1n) is 7.46. The molecular formula is C16H26ClN3O2. The van der Waals surface area contributed by atoms with Gasteiger partial charge in [0.15, 0.2) is 0 Å². The number of morpholine rings is 1. The highest BCUT2D eigenvalue weighted by atomic mass is 35.5. The van der Waals surface area contributed by atoms with Crippen LogP contribution in [0.25, 0.3) is 0 Å². The van der Waals surface area contributed by atoms with Crippen molar-refractivity contribution in [2.75, 3.05) is 39.8 Å². The predicted molar refractivity (Wildman–Crippen MR) is 90.1 cm³/mol. The Balaban J connectivity index is 0.00000242. The highest BCUT2D eigenvalue weighted by Crippen LogP contribution is 2.18. The number of carbonyl (C=O) groups excluding carboxylic acids is 1. The molecule has 0 radical (unpaired) electrons. The third-order valence-corrected chi connectivity index (χ3v) is 4.10. The Hall–Kier alpha value is -1.14. The fourth-order valence-corrected chi connectivity index (χ4v) is 2.54. The summed E-state index contributed by atoms with van der Waals surface area (Å²) in [4.78, 5) is 16.4. The van der Waals surface area contributed by atoms with Crippen LogP contribution in [0.15, 0.2) is 30.3 Å². The van der Waals surface area contributed by atoms with Crippen LogP contribution in [0.3, 0.4) is 0 Å². The molecule has 6 heteroatoms. The van der Waals surface area contributed by atoms with Gasteiger partial charge in [-0.3, -0.25) is 9.69 Å². The van der Waals surface area contributed by atoms with Crippen LogP contribution in [0.2, 0.25) is 0 Å². The van der Waals surface area contributed by atoms with Crippen molar-refractivity contribution in [3.63, 3.8) is 0 Å². The quantitative estimate of drug-likeness (QED) is 0.885. The topological polar surface area (TPSA) is 58.8 Å². The minimum atomic E-state index is 0. The van der Waals surface area contributed by atoms with Gasteiger partial charge < -0.3 is 15.4 Å². The number of hydrogen-bond acceptors (Lipinski definition) is 4. The average Bonchev–Trinajstić information content (AvgIpc) is 2.54. The number of nitrogens with two attached hydrogens (primary N) is 1. The van der Waals surface area contributed by atoms with Crippen molar-refractivity contribution >= 4 is 18.3 Å². The molecule has 1 aliphatic heterocycles. The minimum Gasteiger partial charge on any atom is -0.374 e. The van der Waals surface area contributed by atoms with Crippen LogP contribution < -0.4 is 5.73 Å². The van der Waals surface area contributed by atoms with Crippen molar-refractivity contribution in [2.45, 2.75) is 19.1 Å². The maximum Gasteiger partial charge on any atom is 0.236 e. The zero-order chi connectivity index (χ0) is 15.2. The summed E-state index contributed by atoms with van der Waals surface area (Å²) in [6, 6.07) is 10.2. The van der Waals surface area contributed by atoms with Crippen molar-refractivity contribution in [3.8, 4) is 0 Å². The lowest BCUT2D eigenvalue weighted by atomic mass is 10.1. The van der Waals surface area contributed by atoms with E-state index in [1.807, 2.05) is 42.3 Å². The van der Waals surface area contributed by atoms with Crippen LogP contribution in [0, 0.1) is 0 Å². The number of halogens is 1. The van der Waals surface area contributed by atoms with Gasteiger partial charge in [-0.1, -0.05) is 30.3 Å². The Kier molecular flexibility index (Phi) is 7.82. The second-order valence-electron chi connectivity index (χ2n) is 5.55. The van der Waals surface area contributed by atoms with E-state index in [0.717, 1.165) is 18.7 Å². The van der Waals surface area contributed by atoms with E-state index in [2.05, 4.69) is 11.8 Å². The van der Waals surface area contributed by atoms with Crippen LogP contribution in [0.4, 0.5) is 0 Å². The molecule has 0 bridgehead atoms. The summed E-state index contributed by atoms with van der Waals surface area (Å²) in [6.45, 7) is 5.14. The second-order valence-corrected chi connectivity index (χ2v) is 5.55. The Bertz CT molecular complexity index is 458. The molecule has 2 unspecified atom stereocenters. The minimum absolute atomic E-state index is 0. The van der Waals surface area contributed by atoms with Crippen molar-refractivity contribution in [2.24, 2.45) is 5.73 Å². The lowest BCUT2D eigenvalue weighted by Gasteiger charge is -2.34. The average molecular weight is 328 g/mol. The van der Waals surface area contributed by atoms with E-state index < -0.39 is 0 Å². The van der Waals surface area contributed by atoms with Crippen LogP contribution >= 0.6 is 12.4 Å². The van der Waals surface area contributed by atoms with E-state index in [1.54, 1.807) is 0 Å². The van der Waals surface area contributed by atoms with E-state index in [4.69, 9.17) is 10.5 Å². The highest BCUT2D eigenvalue weighted by molar-refractivity contribution is 5.85. The van der Waals surface area contributed by atoms with Gasteiger partial charge in [-0.2, -0.15) is 0 Å². The van der Waals surface area contributed by atoms with Gasteiger partial charge in [0.2, 0.25) is 5.91 Å². The second kappa shape index (κ2) is 9.10. The SMILES string of the molecule is CC(c1ccccc1)N(C)C(=O)CN1CCOC(CN)C1.Cl. The van der Waals surface area contributed by atoms with E-state index in [0.29, 0.717) is 19.7 Å². The molecule has 0 aliphatic carbocycles. The number of likely N-dealkylation sites (N-methyl/N-ethyl adjacent to an activating group) is 1. The van der Waals surface area contributed by atoms with Gasteiger partial charge in [0.25, 0.3) is 0 Å². The number of rotatable bonds is 5. The molecule has 124 valence electrons. The smallest absolute Gasteiger partial charge is 0.236 e. The van der Waals surface area contributed by atoms with E-state index in [-0.39, 0.29) is 30.5 Å². The molecule has 1 aromatic rings. The van der Waals surface area contributed by atoms with Gasteiger partial charge in [-0.25, -0.2) is 0 Å². The molecule has 1 saturated heterocycles. The summed E-state index contributed by atoms with van der Waals surface area (Å²) in [5, 5.41) is 0. The zero-order valence-corrected chi connectivity index (χ0v) is 14.1. The summed E-state index contributed by atoms with van der Waals surface area (Å²) in [5.41, 5.74) is 6.78. The molecule has 2 rings (SSSR count). The van der Waals surface area contributed by atoms with Crippen LogP contribution in [0.1, 0.15) is 18.5 Å². The standard InChI is InChI=1S/C16H25N3O2.ClH/c1-13(14-6-4-3-5-7-14)18(2)16(20)12-19-8-9-21-15(10-17)11-19;/h3-7,13,15H,8-12,17H2,1-2H3;1H. The van der Waals surface area contributed by atoms with E-state index in [9.17, 15) is 4.79 Å². The fourth-order valence-electron chi connectivity index (χ4n) is 2.54. The molecule has 22 heavy (non-hydrogen) atoms. The van der Waals surface area contributed by atoms with Crippen molar-refractivity contribution in [1.29, 1.82) is 0 Å². The maximum absolute atomic E-state index is 12.4. The zero-order valence-electron chi connectivity index (χ0n) is 13.3. The third kappa shape index (κ3) is 4.95. The predicted octanol–water partition coefficient (Wildman–Crippen LogP) is 1.29. The summed E-state index contributed by atoms with van der Waals surface area (Å²) < 4.78 is 5.52. The van der Waals surface area contributed by atoms with E-state index >= 15 is 0 Å². The highest BCUT2D eigenvalue weighted by Gasteiger charge is 2.24. The van der Waals surface area contributed by atoms with Gasteiger partial charge in [0.05, 0.1) is 25.3 Å². The lowest BCUT2D eigenvalue weighted by molar-refractivity contribution is -0.134. The maximum atomic E-state index is 12.4. The first kappa shape index (κ1) is 18.9. The number of hydrogen-bond donors (Lipinski definition) is 1. The largest absolute Gasteiger partial charge is 0.374 e.